The van der Waals surface area contributed by atoms with Gasteiger partial charge in [-0.25, -0.2) is 4.79 Å². The largest absolute Gasteiger partial charge is 0.492 e. The highest BCUT2D eigenvalue weighted by Gasteiger charge is 2.20. The molecule has 1 amide bonds. The van der Waals surface area contributed by atoms with Crippen molar-refractivity contribution in [1.29, 1.82) is 0 Å². The van der Waals surface area contributed by atoms with Crippen LogP contribution in [0.25, 0.3) is 0 Å². The normalized spacial score (nSPS) is 11.8. The molecule has 0 aromatic heterocycles. The van der Waals surface area contributed by atoms with Gasteiger partial charge in [-0.15, -0.1) is 0 Å². The molecule has 1 aromatic rings. The molecule has 0 bridgehead atoms. The fourth-order valence-corrected chi connectivity index (χ4v) is 2.16. The fourth-order valence-electron chi connectivity index (χ4n) is 1.91. The fraction of sp³-hybridized carbons (Fsp3) is 0.467. The molecule has 1 unspecified atom stereocenters. The number of aliphatic carboxylic acids is 1. The molecule has 2 N–H and O–H groups in total. The van der Waals surface area contributed by atoms with Gasteiger partial charge in [0.1, 0.15) is 11.8 Å². The second-order valence-corrected chi connectivity index (χ2v) is 4.98. The number of hydrogen-bond donors (Lipinski definition) is 2. The smallest absolute Gasteiger partial charge is 0.326 e. The van der Waals surface area contributed by atoms with E-state index in [1.165, 1.54) is 7.11 Å². The van der Waals surface area contributed by atoms with Crippen LogP contribution in [0.15, 0.2) is 18.2 Å². The highest BCUT2D eigenvalue weighted by Crippen LogP contribution is 2.29. The summed E-state index contributed by atoms with van der Waals surface area (Å²) in [4.78, 5) is 23.1. The first-order chi connectivity index (χ1) is 10.5. The highest BCUT2D eigenvalue weighted by molar-refractivity contribution is 6.32. The first-order valence-corrected chi connectivity index (χ1v) is 7.28. The quantitative estimate of drug-likeness (QED) is 0.722. The minimum Gasteiger partial charge on any atom is -0.492 e. The molecule has 0 saturated carbocycles. The van der Waals surface area contributed by atoms with E-state index in [1.807, 2.05) is 6.92 Å². The van der Waals surface area contributed by atoms with Crippen LogP contribution in [0.3, 0.4) is 0 Å². The molecule has 1 atom stereocenters. The summed E-state index contributed by atoms with van der Waals surface area (Å²) in [6, 6.07) is 4.13. The van der Waals surface area contributed by atoms with Gasteiger partial charge in [-0.3, -0.25) is 4.79 Å². The molecule has 0 radical (unpaired) electrons. The predicted octanol–water partition coefficient (Wildman–Crippen LogP) is 1.89. The van der Waals surface area contributed by atoms with Gasteiger partial charge >= 0.3 is 5.97 Å². The van der Waals surface area contributed by atoms with Crippen molar-refractivity contribution in [1.82, 2.24) is 5.32 Å². The number of para-hydroxylation sites is 1. The Kier molecular flexibility index (Phi) is 7.70. The molecule has 0 aliphatic rings. The maximum absolute atomic E-state index is 12.0. The van der Waals surface area contributed by atoms with Crippen LogP contribution in [0.2, 0.25) is 5.02 Å². The number of carboxylic acids is 1. The van der Waals surface area contributed by atoms with Crippen LogP contribution >= 0.6 is 11.6 Å². The zero-order valence-corrected chi connectivity index (χ0v) is 13.4. The van der Waals surface area contributed by atoms with Crippen LogP contribution in [-0.4, -0.2) is 43.3 Å². The van der Waals surface area contributed by atoms with Crippen LogP contribution in [-0.2, 0) is 20.7 Å². The number of carbonyl (C=O) groups excluding carboxylic acids is 1. The van der Waals surface area contributed by atoms with Gasteiger partial charge in [-0.2, -0.15) is 0 Å². The summed E-state index contributed by atoms with van der Waals surface area (Å²) >= 11 is 6.05. The monoisotopic (exact) mass is 329 g/mol. The number of amides is 1. The average molecular weight is 330 g/mol. The lowest BCUT2D eigenvalue weighted by Crippen LogP contribution is -2.42. The van der Waals surface area contributed by atoms with Gasteiger partial charge in [0.2, 0.25) is 5.91 Å². The Morgan fingerprint density at radius 3 is 2.73 bits per heavy atom. The van der Waals surface area contributed by atoms with Gasteiger partial charge in [-0.05, 0) is 13.0 Å². The van der Waals surface area contributed by atoms with Crippen molar-refractivity contribution in [3.8, 4) is 5.75 Å². The van der Waals surface area contributed by atoms with Gasteiger partial charge in [-0.1, -0.05) is 23.7 Å². The molecular weight excluding hydrogens is 310 g/mol. The Balaban J connectivity index is 2.75. The number of halogens is 1. The van der Waals surface area contributed by atoms with E-state index >= 15 is 0 Å². The molecule has 6 nitrogen and oxygen atoms in total. The summed E-state index contributed by atoms with van der Waals surface area (Å²) in [5, 5.41) is 12.0. The predicted molar refractivity (Wildman–Crippen MR) is 82.4 cm³/mol. The molecule has 7 heteroatoms. The lowest BCUT2D eigenvalue weighted by atomic mass is 10.1. The van der Waals surface area contributed by atoms with Gasteiger partial charge in [0, 0.05) is 25.7 Å². The molecule has 122 valence electrons. The second kappa shape index (κ2) is 9.27. The lowest BCUT2D eigenvalue weighted by Gasteiger charge is -2.15. The number of benzene rings is 1. The maximum Gasteiger partial charge on any atom is 0.326 e. The van der Waals surface area contributed by atoms with Crippen molar-refractivity contribution in [3.63, 3.8) is 0 Å². The number of hydrogen-bond acceptors (Lipinski definition) is 4. The topological polar surface area (TPSA) is 84.9 Å². The van der Waals surface area contributed by atoms with Crippen molar-refractivity contribution < 1.29 is 24.2 Å². The number of ether oxygens (including phenoxy) is 2. The van der Waals surface area contributed by atoms with Crippen molar-refractivity contribution in [2.24, 2.45) is 0 Å². The van der Waals surface area contributed by atoms with Gasteiger partial charge in [0.05, 0.1) is 18.1 Å². The summed E-state index contributed by atoms with van der Waals surface area (Å²) in [5.41, 5.74) is 0.614. The van der Waals surface area contributed by atoms with E-state index in [4.69, 9.17) is 26.2 Å². The summed E-state index contributed by atoms with van der Waals surface area (Å²) < 4.78 is 10.3. The van der Waals surface area contributed by atoms with E-state index in [2.05, 4.69) is 5.32 Å². The highest BCUT2D eigenvalue weighted by atomic mass is 35.5. The number of carbonyl (C=O) groups is 2. The first kappa shape index (κ1) is 18.3. The third-order valence-corrected chi connectivity index (χ3v) is 3.23. The first-order valence-electron chi connectivity index (χ1n) is 6.90. The zero-order valence-electron chi connectivity index (χ0n) is 12.6. The molecule has 1 rings (SSSR count). The number of carboxylic acid groups (broad SMARTS) is 1. The summed E-state index contributed by atoms with van der Waals surface area (Å²) in [6.07, 6.45) is 0.193. The SMILES string of the molecule is CCOc1c(Cl)cccc1CC(=O)NC(CCOC)C(=O)O. The minimum absolute atomic E-state index is 0.00729. The number of methoxy groups -OCH3 is 1. The molecule has 1 aromatic carbocycles. The van der Waals surface area contributed by atoms with Crippen LogP contribution in [0.5, 0.6) is 5.75 Å². The Hall–Kier alpha value is -1.79. The molecule has 0 fully saturated rings. The Morgan fingerprint density at radius 1 is 1.41 bits per heavy atom. The maximum atomic E-state index is 12.0. The molecule has 22 heavy (non-hydrogen) atoms. The number of rotatable bonds is 9. The summed E-state index contributed by atoms with van der Waals surface area (Å²) in [7, 11) is 1.47. The van der Waals surface area contributed by atoms with Crippen LogP contribution in [0.1, 0.15) is 18.9 Å². The third-order valence-electron chi connectivity index (χ3n) is 2.93. The Bertz CT molecular complexity index is 521. The van der Waals surface area contributed by atoms with Crippen molar-refractivity contribution in [2.75, 3.05) is 20.3 Å². The molecular formula is C15H20ClNO5. The molecule has 0 aliphatic carbocycles. The van der Waals surface area contributed by atoms with E-state index in [0.29, 0.717) is 22.9 Å². The van der Waals surface area contributed by atoms with Crippen molar-refractivity contribution in [3.05, 3.63) is 28.8 Å². The molecule has 0 aliphatic heterocycles. The van der Waals surface area contributed by atoms with Gasteiger partial charge in [0.25, 0.3) is 0 Å². The average Bonchev–Trinajstić information content (AvgIpc) is 2.46. The van der Waals surface area contributed by atoms with Gasteiger partial charge in [0.15, 0.2) is 0 Å². The second-order valence-electron chi connectivity index (χ2n) is 4.58. The molecule has 0 spiro atoms. The molecule has 0 saturated heterocycles. The Morgan fingerprint density at radius 2 is 2.14 bits per heavy atom. The van der Waals surface area contributed by atoms with E-state index in [-0.39, 0.29) is 19.4 Å². The van der Waals surface area contributed by atoms with E-state index < -0.39 is 17.9 Å². The lowest BCUT2D eigenvalue weighted by molar-refractivity contribution is -0.142. The van der Waals surface area contributed by atoms with Crippen molar-refractivity contribution in [2.45, 2.75) is 25.8 Å². The third kappa shape index (κ3) is 5.54. The van der Waals surface area contributed by atoms with Crippen LogP contribution in [0, 0.1) is 0 Å². The number of nitrogens with one attached hydrogen (secondary N) is 1. The van der Waals surface area contributed by atoms with Crippen molar-refractivity contribution >= 4 is 23.5 Å². The van der Waals surface area contributed by atoms with Crippen LogP contribution < -0.4 is 10.1 Å². The zero-order chi connectivity index (χ0) is 16.5. The van der Waals surface area contributed by atoms with E-state index in [1.54, 1.807) is 18.2 Å². The summed E-state index contributed by atoms with van der Waals surface area (Å²) in [6.45, 7) is 2.49. The van der Waals surface area contributed by atoms with E-state index in [9.17, 15) is 9.59 Å². The Labute approximate surface area is 134 Å². The van der Waals surface area contributed by atoms with Gasteiger partial charge < -0.3 is 19.9 Å². The molecule has 0 heterocycles. The standard InChI is InChI=1S/C15H20ClNO5/c1-3-22-14-10(5-4-6-11(14)16)9-13(18)17-12(15(19)20)7-8-21-2/h4-6,12H,3,7-9H2,1-2H3,(H,17,18)(H,19,20). The minimum atomic E-state index is -1.10. The van der Waals surface area contributed by atoms with Crippen LogP contribution in [0.4, 0.5) is 0 Å². The van der Waals surface area contributed by atoms with E-state index in [0.717, 1.165) is 0 Å². The summed E-state index contributed by atoms with van der Waals surface area (Å²) in [5.74, 6) is -1.06.